The molecule has 4 rings (SSSR count). The smallest absolute Gasteiger partial charge is 0.241 e. The van der Waals surface area contributed by atoms with Crippen molar-refractivity contribution in [3.8, 4) is 11.3 Å². The molecule has 5 nitrogen and oxygen atoms in total. The molecule has 0 bridgehead atoms. The molecule has 1 heterocycles. The number of fused-ring (bicyclic) bond motifs is 1. The van der Waals surface area contributed by atoms with Crippen LogP contribution in [0.5, 0.6) is 0 Å². The number of carbonyl (C=O) groups is 1. The van der Waals surface area contributed by atoms with Crippen LogP contribution in [-0.2, 0) is 14.6 Å². The lowest BCUT2D eigenvalue weighted by Gasteiger charge is -2.04. The lowest BCUT2D eigenvalue weighted by atomic mass is 10.1. The van der Waals surface area contributed by atoms with E-state index in [1.807, 2.05) is 47.8 Å². The summed E-state index contributed by atoms with van der Waals surface area (Å²) in [6.45, 7) is 0. The lowest BCUT2D eigenvalue weighted by Crippen LogP contribution is -2.22. The predicted molar refractivity (Wildman–Crippen MR) is 112 cm³/mol. The van der Waals surface area contributed by atoms with E-state index in [4.69, 9.17) is 0 Å². The lowest BCUT2D eigenvalue weighted by molar-refractivity contribution is -0.113. The maximum atomic E-state index is 12.3. The fraction of sp³-hybridized carbons (Fsp3) is 0.0476. The van der Waals surface area contributed by atoms with Crippen molar-refractivity contribution in [3.63, 3.8) is 0 Å². The van der Waals surface area contributed by atoms with Crippen molar-refractivity contribution in [3.05, 3.63) is 78.2 Å². The van der Waals surface area contributed by atoms with E-state index in [-0.39, 0.29) is 4.90 Å². The molecule has 0 fully saturated rings. The number of nitrogens with zero attached hydrogens (tertiary/aromatic N) is 1. The number of sulfone groups is 1. The molecule has 1 aromatic heterocycles. The fourth-order valence-electron chi connectivity index (χ4n) is 2.85. The van der Waals surface area contributed by atoms with Gasteiger partial charge in [-0.3, -0.25) is 4.79 Å². The summed E-state index contributed by atoms with van der Waals surface area (Å²) < 4.78 is 24.6. The summed E-state index contributed by atoms with van der Waals surface area (Å²) in [5.41, 5.74) is 1.67. The summed E-state index contributed by atoms with van der Waals surface area (Å²) in [7, 11) is -3.68. The topological polar surface area (TPSA) is 76.1 Å². The number of nitrogens with one attached hydrogen (secondary N) is 1. The maximum Gasteiger partial charge on any atom is 0.241 e. The minimum absolute atomic E-state index is 0.126. The van der Waals surface area contributed by atoms with Crippen molar-refractivity contribution in [1.82, 2.24) is 4.98 Å². The highest BCUT2D eigenvalue weighted by atomic mass is 32.2. The molecule has 4 aromatic rings. The van der Waals surface area contributed by atoms with Crippen LogP contribution < -0.4 is 5.32 Å². The highest BCUT2D eigenvalue weighted by molar-refractivity contribution is 7.92. The Balaban J connectivity index is 1.49. The monoisotopic (exact) mass is 408 g/mol. The van der Waals surface area contributed by atoms with Crippen LogP contribution in [0.3, 0.4) is 0 Å². The van der Waals surface area contributed by atoms with Crippen molar-refractivity contribution in [2.45, 2.75) is 4.90 Å². The summed E-state index contributed by atoms with van der Waals surface area (Å²) in [6, 6.07) is 22.0. The number of anilines is 1. The van der Waals surface area contributed by atoms with E-state index >= 15 is 0 Å². The first-order valence-electron chi connectivity index (χ1n) is 8.54. The predicted octanol–water partition coefficient (Wildman–Crippen LogP) is 4.38. The second-order valence-corrected chi connectivity index (χ2v) is 9.07. The number of carbonyl (C=O) groups excluding carboxylic acids is 1. The van der Waals surface area contributed by atoms with Gasteiger partial charge >= 0.3 is 0 Å². The normalized spacial score (nSPS) is 11.4. The van der Waals surface area contributed by atoms with Crippen LogP contribution in [0.4, 0.5) is 5.13 Å². The molecule has 0 saturated carbocycles. The van der Waals surface area contributed by atoms with Gasteiger partial charge in [0.2, 0.25) is 5.91 Å². The van der Waals surface area contributed by atoms with Gasteiger partial charge in [-0.15, -0.1) is 11.3 Å². The Labute approximate surface area is 166 Å². The molecule has 28 heavy (non-hydrogen) atoms. The van der Waals surface area contributed by atoms with Crippen LogP contribution in [0.2, 0.25) is 0 Å². The zero-order valence-electron chi connectivity index (χ0n) is 14.7. The van der Waals surface area contributed by atoms with Gasteiger partial charge in [0.05, 0.1) is 10.6 Å². The average Bonchev–Trinajstić information content (AvgIpc) is 3.16. The SMILES string of the molecule is O=C(CS(=O)(=O)c1ccccc1)Nc1nc(-c2ccc3ccccc3c2)cs1. The van der Waals surface area contributed by atoms with Crippen molar-refractivity contribution in [1.29, 1.82) is 0 Å². The third-order valence-corrected chi connectivity index (χ3v) is 6.61. The largest absolute Gasteiger partial charge is 0.301 e. The van der Waals surface area contributed by atoms with E-state index in [1.54, 1.807) is 18.2 Å². The van der Waals surface area contributed by atoms with Gasteiger partial charge in [0.1, 0.15) is 5.75 Å². The molecule has 0 saturated heterocycles. The van der Waals surface area contributed by atoms with E-state index in [1.165, 1.54) is 23.5 Å². The van der Waals surface area contributed by atoms with Gasteiger partial charge in [0, 0.05) is 10.9 Å². The van der Waals surface area contributed by atoms with E-state index in [2.05, 4.69) is 10.3 Å². The Bertz CT molecular complexity index is 1250. The Morgan fingerprint density at radius 2 is 1.64 bits per heavy atom. The molecule has 7 heteroatoms. The van der Waals surface area contributed by atoms with Crippen molar-refractivity contribution in [2.75, 3.05) is 11.1 Å². The second-order valence-electron chi connectivity index (χ2n) is 6.22. The van der Waals surface area contributed by atoms with Crippen LogP contribution in [-0.4, -0.2) is 25.1 Å². The second kappa shape index (κ2) is 7.53. The maximum absolute atomic E-state index is 12.3. The molecule has 3 aromatic carbocycles. The Kier molecular flexibility index (Phi) is 4.93. The molecule has 0 unspecified atom stereocenters. The number of aromatic nitrogens is 1. The van der Waals surface area contributed by atoms with Crippen LogP contribution in [0.25, 0.3) is 22.0 Å². The van der Waals surface area contributed by atoms with Gasteiger partial charge < -0.3 is 5.32 Å². The highest BCUT2D eigenvalue weighted by Crippen LogP contribution is 2.27. The molecule has 0 atom stereocenters. The fourth-order valence-corrected chi connectivity index (χ4v) is 4.74. The standard InChI is InChI=1S/C21H16N2O3S2/c24-20(14-28(25,26)18-8-2-1-3-9-18)23-21-22-19(13-27-21)17-11-10-15-6-4-5-7-16(15)12-17/h1-13H,14H2,(H,22,23,24). The summed E-state index contributed by atoms with van der Waals surface area (Å²) >= 11 is 1.26. The molecule has 1 amide bonds. The number of hydrogen-bond donors (Lipinski definition) is 1. The molecule has 0 radical (unpaired) electrons. The van der Waals surface area contributed by atoms with Crippen molar-refractivity contribution in [2.24, 2.45) is 0 Å². The van der Waals surface area contributed by atoms with Crippen molar-refractivity contribution < 1.29 is 13.2 Å². The molecule has 0 spiro atoms. The van der Waals surface area contributed by atoms with Gasteiger partial charge in [0.25, 0.3) is 0 Å². The number of benzene rings is 3. The van der Waals surface area contributed by atoms with Gasteiger partial charge in [-0.05, 0) is 29.0 Å². The first-order valence-corrected chi connectivity index (χ1v) is 11.1. The molecule has 0 aliphatic carbocycles. The van der Waals surface area contributed by atoms with E-state index < -0.39 is 21.5 Å². The minimum Gasteiger partial charge on any atom is -0.301 e. The Hall–Kier alpha value is -3.03. The first kappa shape index (κ1) is 18.3. The third kappa shape index (κ3) is 3.95. The molecular formula is C21H16N2O3S2. The first-order chi connectivity index (χ1) is 13.5. The highest BCUT2D eigenvalue weighted by Gasteiger charge is 2.20. The Morgan fingerprint density at radius 3 is 2.43 bits per heavy atom. The summed E-state index contributed by atoms with van der Waals surface area (Å²) in [4.78, 5) is 16.7. The van der Waals surface area contributed by atoms with Crippen molar-refractivity contribution >= 4 is 43.0 Å². The van der Waals surface area contributed by atoms with Gasteiger partial charge in [-0.25, -0.2) is 13.4 Å². The number of amides is 1. The number of thiazole rings is 1. The van der Waals surface area contributed by atoms with E-state index in [9.17, 15) is 13.2 Å². The molecular weight excluding hydrogens is 392 g/mol. The summed E-state index contributed by atoms with van der Waals surface area (Å²) in [5.74, 6) is -1.23. The van der Waals surface area contributed by atoms with Crippen LogP contribution in [0, 0.1) is 0 Å². The van der Waals surface area contributed by atoms with Crippen LogP contribution in [0.1, 0.15) is 0 Å². The number of rotatable bonds is 5. The molecule has 0 aliphatic heterocycles. The number of hydrogen-bond acceptors (Lipinski definition) is 5. The zero-order valence-corrected chi connectivity index (χ0v) is 16.3. The van der Waals surface area contributed by atoms with E-state index in [0.29, 0.717) is 5.13 Å². The summed E-state index contributed by atoms with van der Waals surface area (Å²) in [5, 5.41) is 7.04. The van der Waals surface area contributed by atoms with E-state index in [0.717, 1.165) is 22.0 Å². The Morgan fingerprint density at radius 1 is 0.929 bits per heavy atom. The molecule has 1 N–H and O–H groups in total. The van der Waals surface area contributed by atoms with Gasteiger partial charge in [-0.2, -0.15) is 0 Å². The van der Waals surface area contributed by atoms with Crippen LogP contribution in [0.15, 0.2) is 83.1 Å². The zero-order chi connectivity index (χ0) is 19.6. The average molecular weight is 409 g/mol. The van der Waals surface area contributed by atoms with Gasteiger partial charge in [-0.1, -0.05) is 54.6 Å². The summed E-state index contributed by atoms with van der Waals surface area (Å²) in [6.07, 6.45) is 0. The minimum atomic E-state index is -3.68. The van der Waals surface area contributed by atoms with Gasteiger partial charge in [0.15, 0.2) is 15.0 Å². The molecule has 140 valence electrons. The molecule has 0 aliphatic rings. The third-order valence-electron chi connectivity index (χ3n) is 4.22. The quantitative estimate of drug-likeness (QED) is 0.532. The van der Waals surface area contributed by atoms with Crippen LogP contribution >= 0.6 is 11.3 Å².